The Hall–Kier alpha value is -3.94. The number of carboxylic acids is 1. The van der Waals surface area contributed by atoms with E-state index in [0.717, 1.165) is 5.56 Å². The number of carbonyl (C=O) groups is 4. The van der Waals surface area contributed by atoms with E-state index in [9.17, 15) is 37.5 Å². The molecule has 10 nitrogen and oxygen atoms in total. The molecule has 1 heterocycles. The third kappa shape index (κ3) is 10.6. The number of benzene rings is 2. The first-order valence-electron chi connectivity index (χ1n) is 14.4. The minimum atomic E-state index is -1.36. The van der Waals surface area contributed by atoms with Crippen LogP contribution in [-0.2, 0) is 32.1 Å². The van der Waals surface area contributed by atoms with Crippen LogP contribution >= 0.6 is 11.8 Å². The summed E-state index contributed by atoms with van der Waals surface area (Å²) in [7, 11) is 0. The second-order valence-corrected chi connectivity index (χ2v) is 13.2. The highest BCUT2D eigenvalue weighted by molar-refractivity contribution is 8.00. The van der Waals surface area contributed by atoms with E-state index in [2.05, 4.69) is 16.0 Å². The van der Waals surface area contributed by atoms with Gasteiger partial charge in [0.2, 0.25) is 5.91 Å². The molecule has 1 aliphatic rings. The molecule has 246 valence electrons. The number of alkyl carbamates (subject to hydrolysis) is 1. The van der Waals surface area contributed by atoms with Gasteiger partial charge in [0.05, 0.1) is 0 Å². The highest BCUT2D eigenvalue weighted by Gasteiger charge is 2.36. The molecular formula is C31H39F3N4O6S. The number of carbonyl (C=O) groups excluding carboxylic acids is 3. The number of thioether (sulfide) groups is 1. The summed E-state index contributed by atoms with van der Waals surface area (Å²) >= 11 is 1.26. The molecule has 3 atom stereocenters. The van der Waals surface area contributed by atoms with Crippen LogP contribution in [0.3, 0.4) is 0 Å². The van der Waals surface area contributed by atoms with Crippen LogP contribution in [0.5, 0.6) is 0 Å². The second-order valence-electron chi connectivity index (χ2n) is 12.0. The molecule has 0 saturated carbocycles. The van der Waals surface area contributed by atoms with Gasteiger partial charge in [-0.2, -0.15) is 0 Å². The maximum absolute atomic E-state index is 14.4. The normalized spacial score (nSPS) is 16.2. The van der Waals surface area contributed by atoms with E-state index in [1.54, 1.807) is 58.9 Å². The van der Waals surface area contributed by atoms with Crippen molar-refractivity contribution in [3.63, 3.8) is 0 Å². The van der Waals surface area contributed by atoms with Gasteiger partial charge in [-0.3, -0.25) is 9.59 Å². The number of halogens is 3. The number of hydrogen-bond donors (Lipinski definition) is 4. The topological polar surface area (TPSA) is 137 Å². The molecule has 3 amide bonds. The van der Waals surface area contributed by atoms with Gasteiger partial charge in [0.25, 0.3) is 5.91 Å². The fraction of sp³-hybridized carbons (Fsp3) is 0.484. The van der Waals surface area contributed by atoms with Crippen LogP contribution in [-0.4, -0.2) is 69.2 Å². The molecule has 2 aromatic carbocycles. The first-order chi connectivity index (χ1) is 21.0. The quantitative estimate of drug-likeness (QED) is 0.243. The number of aliphatic carboxylic acids is 1. The zero-order valence-corrected chi connectivity index (χ0v) is 26.6. The fourth-order valence-corrected chi connectivity index (χ4v) is 5.76. The number of nitrogens with one attached hydrogen (secondary N) is 3. The van der Waals surface area contributed by atoms with Crippen LogP contribution in [0.2, 0.25) is 0 Å². The molecule has 4 N–H and O–H groups in total. The van der Waals surface area contributed by atoms with Gasteiger partial charge in [-0.1, -0.05) is 26.0 Å². The molecular weight excluding hydrogens is 613 g/mol. The number of nitrogens with zero attached hydrogens (tertiary/aromatic N) is 1. The van der Waals surface area contributed by atoms with Gasteiger partial charge in [-0.05, 0) is 62.4 Å². The zero-order chi connectivity index (χ0) is 33.5. The first kappa shape index (κ1) is 35.5. The van der Waals surface area contributed by atoms with Crippen LogP contribution in [0, 0.1) is 23.4 Å². The molecule has 1 saturated heterocycles. The van der Waals surface area contributed by atoms with Gasteiger partial charge in [0, 0.05) is 43.1 Å². The molecule has 45 heavy (non-hydrogen) atoms. The lowest BCUT2D eigenvalue weighted by atomic mass is 10.0. The maximum atomic E-state index is 14.4. The minimum Gasteiger partial charge on any atom is -0.480 e. The van der Waals surface area contributed by atoms with E-state index in [4.69, 9.17) is 4.74 Å². The van der Waals surface area contributed by atoms with Crippen LogP contribution in [0.15, 0.2) is 36.4 Å². The van der Waals surface area contributed by atoms with Gasteiger partial charge in [0.1, 0.15) is 17.5 Å². The highest BCUT2D eigenvalue weighted by Crippen LogP contribution is 2.26. The molecule has 3 rings (SSSR count). The van der Waals surface area contributed by atoms with Crippen molar-refractivity contribution >= 4 is 41.3 Å². The smallest absolute Gasteiger partial charge is 0.407 e. The van der Waals surface area contributed by atoms with Gasteiger partial charge in [-0.25, -0.2) is 22.8 Å². The minimum absolute atomic E-state index is 0.133. The summed E-state index contributed by atoms with van der Waals surface area (Å²) in [6.45, 7) is 8.92. The molecule has 0 bridgehead atoms. The average Bonchev–Trinajstić information content (AvgIpc) is 3.43. The molecule has 0 aliphatic carbocycles. The van der Waals surface area contributed by atoms with Crippen LogP contribution in [0.1, 0.15) is 52.2 Å². The zero-order valence-electron chi connectivity index (χ0n) is 25.8. The number of ether oxygens (including phenoxy) is 1. The number of rotatable bonds is 12. The van der Waals surface area contributed by atoms with Crippen molar-refractivity contribution in [3.05, 3.63) is 65.0 Å². The lowest BCUT2D eigenvalue weighted by Crippen LogP contribution is -2.48. The van der Waals surface area contributed by atoms with Crippen LogP contribution < -0.4 is 16.0 Å². The molecule has 0 aromatic heterocycles. The van der Waals surface area contributed by atoms with E-state index >= 15 is 0 Å². The summed E-state index contributed by atoms with van der Waals surface area (Å²) in [4.78, 5) is 51.8. The Morgan fingerprint density at radius 1 is 1.04 bits per heavy atom. The largest absolute Gasteiger partial charge is 0.480 e. The molecule has 14 heteroatoms. The third-order valence-corrected chi connectivity index (χ3v) is 8.01. The van der Waals surface area contributed by atoms with E-state index in [-0.39, 0.29) is 37.4 Å². The maximum Gasteiger partial charge on any atom is 0.407 e. The Kier molecular flexibility index (Phi) is 12.1. The number of hydrogen-bond acceptors (Lipinski definition) is 7. The van der Waals surface area contributed by atoms with Crippen LogP contribution in [0.4, 0.5) is 23.7 Å². The molecule has 1 aliphatic heterocycles. The monoisotopic (exact) mass is 652 g/mol. The summed E-state index contributed by atoms with van der Waals surface area (Å²) in [5.74, 6) is -5.20. The van der Waals surface area contributed by atoms with E-state index in [1.165, 1.54) is 16.7 Å². The Morgan fingerprint density at radius 2 is 1.69 bits per heavy atom. The molecule has 0 spiro atoms. The summed E-state index contributed by atoms with van der Waals surface area (Å²) < 4.78 is 47.1. The summed E-state index contributed by atoms with van der Waals surface area (Å²) in [6.07, 6.45) is -1.57. The Morgan fingerprint density at radius 3 is 2.29 bits per heavy atom. The number of anilines is 1. The molecule has 2 aromatic rings. The lowest BCUT2D eigenvalue weighted by molar-refractivity contribution is -0.139. The second kappa shape index (κ2) is 15.4. The molecule has 0 radical (unpaired) electrons. The van der Waals surface area contributed by atoms with E-state index < -0.39 is 64.4 Å². The number of carboxylic acid groups (broad SMARTS) is 1. The molecule has 1 fully saturated rings. The predicted molar refractivity (Wildman–Crippen MR) is 164 cm³/mol. The highest BCUT2D eigenvalue weighted by atomic mass is 32.2. The van der Waals surface area contributed by atoms with Crippen LogP contribution in [0.25, 0.3) is 0 Å². The van der Waals surface area contributed by atoms with Gasteiger partial charge in [0.15, 0.2) is 17.0 Å². The van der Waals surface area contributed by atoms with Crippen molar-refractivity contribution in [2.75, 3.05) is 17.6 Å². The fourth-order valence-electron chi connectivity index (χ4n) is 4.59. The van der Waals surface area contributed by atoms with Crippen molar-refractivity contribution in [2.45, 2.75) is 77.1 Å². The Balaban J connectivity index is 1.65. The standard InChI is InChI=1S/C31H39F3N4O6S/c1-17(2)26(29(41)42)36-20-8-6-18(7-9-20)16-35-27(40)28-38(10-11-45-28)25(39)14-21(37-30(43)44-31(3,4)5)12-19-13-23(33)24(34)15-22(19)32/h6-9,13,15,17,21,26,28,36H,10-12,14,16H2,1-5H3,(H,35,40)(H,37,43)(H,41,42)/t21-,26?,28+/m1/s1. The van der Waals surface area contributed by atoms with Crippen molar-refractivity contribution in [1.82, 2.24) is 15.5 Å². The predicted octanol–water partition coefficient (Wildman–Crippen LogP) is 4.67. The van der Waals surface area contributed by atoms with Crippen molar-refractivity contribution in [2.24, 2.45) is 5.92 Å². The average molecular weight is 653 g/mol. The van der Waals surface area contributed by atoms with E-state index in [1.807, 2.05) is 0 Å². The van der Waals surface area contributed by atoms with Gasteiger partial charge in [-0.15, -0.1) is 11.8 Å². The Bertz CT molecular complexity index is 1390. The van der Waals surface area contributed by atoms with Gasteiger partial charge < -0.3 is 30.7 Å². The summed E-state index contributed by atoms with van der Waals surface area (Å²) in [6, 6.07) is 6.20. The van der Waals surface area contributed by atoms with Crippen molar-refractivity contribution in [1.29, 1.82) is 0 Å². The lowest BCUT2D eigenvalue weighted by Gasteiger charge is -2.27. The summed E-state index contributed by atoms with van der Waals surface area (Å²) in [5.41, 5.74) is 0.261. The molecule has 1 unspecified atom stereocenters. The van der Waals surface area contributed by atoms with Gasteiger partial charge >= 0.3 is 12.1 Å². The van der Waals surface area contributed by atoms with Crippen molar-refractivity contribution < 1.29 is 42.2 Å². The van der Waals surface area contributed by atoms with Crippen molar-refractivity contribution in [3.8, 4) is 0 Å². The third-order valence-electron chi connectivity index (χ3n) is 6.81. The Labute approximate surface area is 264 Å². The summed E-state index contributed by atoms with van der Waals surface area (Å²) in [5, 5.41) is 16.8. The van der Waals surface area contributed by atoms with E-state index in [0.29, 0.717) is 23.6 Å². The number of amides is 3. The first-order valence-corrected chi connectivity index (χ1v) is 15.5. The SMILES string of the molecule is CC(C)C(Nc1ccc(CNC(=O)[C@@H]2SCCN2C(=O)C[C@@H](Cc2cc(F)c(F)cc2F)NC(=O)OC(C)(C)C)cc1)C(=O)O.